The molecular weight excluding hydrogens is 188 g/mol. The lowest BCUT2D eigenvalue weighted by Gasteiger charge is -2.15. The van der Waals surface area contributed by atoms with Crippen molar-refractivity contribution >= 4 is 17.4 Å². The smallest absolute Gasteiger partial charge is 0.148 e. The SMILES string of the molecule is CCC(CN)Nc1ncncc1Cl. The van der Waals surface area contributed by atoms with E-state index in [0.29, 0.717) is 17.4 Å². The van der Waals surface area contributed by atoms with Crippen LogP contribution < -0.4 is 11.1 Å². The maximum absolute atomic E-state index is 5.85. The molecule has 0 bridgehead atoms. The maximum Gasteiger partial charge on any atom is 0.148 e. The van der Waals surface area contributed by atoms with Gasteiger partial charge in [0.2, 0.25) is 0 Å². The fourth-order valence-electron chi connectivity index (χ4n) is 0.940. The van der Waals surface area contributed by atoms with Gasteiger partial charge in [0, 0.05) is 12.6 Å². The molecule has 0 radical (unpaired) electrons. The third kappa shape index (κ3) is 2.82. The van der Waals surface area contributed by atoms with Crippen LogP contribution in [0.2, 0.25) is 5.02 Å². The Bertz CT molecular complexity index is 262. The zero-order valence-corrected chi connectivity index (χ0v) is 8.25. The molecule has 0 amide bonds. The molecule has 72 valence electrons. The average molecular weight is 201 g/mol. The first-order chi connectivity index (χ1) is 6.27. The summed E-state index contributed by atoms with van der Waals surface area (Å²) in [6.07, 6.45) is 3.95. The number of hydrogen-bond acceptors (Lipinski definition) is 4. The highest BCUT2D eigenvalue weighted by molar-refractivity contribution is 6.32. The van der Waals surface area contributed by atoms with Crippen LogP contribution in [0.3, 0.4) is 0 Å². The highest BCUT2D eigenvalue weighted by Gasteiger charge is 2.06. The fraction of sp³-hybridized carbons (Fsp3) is 0.500. The van der Waals surface area contributed by atoms with Crippen LogP contribution in [0.25, 0.3) is 0 Å². The average Bonchev–Trinajstić information content (AvgIpc) is 2.17. The van der Waals surface area contributed by atoms with Gasteiger partial charge < -0.3 is 11.1 Å². The van der Waals surface area contributed by atoms with Gasteiger partial charge in [-0.3, -0.25) is 0 Å². The Balaban J connectivity index is 2.67. The molecule has 0 fully saturated rings. The van der Waals surface area contributed by atoms with Crippen LogP contribution in [0.5, 0.6) is 0 Å². The first kappa shape index (κ1) is 10.2. The van der Waals surface area contributed by atoms with Crippen molar-refractivity contribution in [2.24, 2.45) is 5.73 Å². The number of rotatable bonds is 4. The van der Waals surface area contributed by atoms with Crippen LogP contribution in [0, 0.1) is 0 Å². The standard InChI is InChI=1S/C8H13ClN4/c1-2-6(3-10)13-8-7(9)4-11-5-12-8/h4-6H,2-3,10H2,1H3,(H,11,12,13). The summed E-state index contributed by atoms with van der Waals surface area (Å²) >= 11 is 5.85. The summed E-state index contributed by atoms with van der Waals surface area (Å²) in [7, 11) is 0. The summed E-state index contributed by atoms with van der Waals surface area (Å²) in [4.78, 5) is 7.79. The number of aromatic nitrogens is 2. The number of nitrogens with zero attached hydrogens (tertiary/aromatic N) is 2. The summed E-state index contributed by atoms with van der Waals surface area (Å²) < 4.78 is 0. The summed E-state index contributed by atoms with van der Waals surface area (Å²) in [6, 6.07) is 0.215. The molecule has 5 heteroatoms. The number of nitrogens with one attached hydrogen (secondary N) is 1. The Kier molecular flexibility index (Phi) is 3.92. The molecule has 0 spiro atoms. The lowest BCUT2D eigenvalue weighted by Crippen LogP contribution is -2.28. The Hall–Kier alpha value is -0.870. The van der Waals surface area contributed by atoms with Gasteiger partial charge in [-0.2, -0.15) is 0 Å². The zero-order chi connectivity index (χ0) is 9.68. The van der Waals surface area contributed by atoms with Crippen molar-refractivity contribution in [3.63, 3.8) is 0 Å². The molecular formula is C8H13ClN4. The molecule has 13 heavy (non-hydrogen) atoms. The molecule has 1 heterocycles. The van der Waals surface area contributed by atoms with Crippen molar-refractivity contribution < 1.29 is 0 Å². The lowest BCUT2D eigenvalue weighted by atomic mass is 10.2. The van der Waals surface area contributed by atoms with Crippen LogP contribution in [0.4, 0.5) is 5.82 Å². The normalized spacial score (nSPS) is 12.5. The first-order valence-corrected chi connectivity index (χ1v) is 4.57. The Morgan fingerprint density at radius 1 is 1.69 bits per heavy atom. The van der Waals surface area contributed by atoms with E-state index in [9.17, 15) is 0 Å². The molecule has 0 aromatic carbocycles. The van der Waals surface area contributed by atoms with E-state index in [1.54, 1.807) is 6.20 Å². The molecule has 4 nitrogen and oxygen atoms in total. The van der Waals surface area contributed by atoms with Gasteiger partial charge in [-0.25, -0.2) is 9.97 Å². The van der Waals surface area contributed by atoms with Crippen molar-refractivity contribution in [3.05, 3.63) is 17.5 Å². The molecule has 3 N–H and O–H groups in total. The molecule has 0 saturated carbocycles. The number of halogens is 1. The minimum absolute atomic E-state index is 0.215. The minimum Gasteiger partial charge on any atom is -0.365 e. The number of hydrogen-bond donors (Lipinski definition) is 2. The summed E-state index contributed by atoms with van der Waals surface area (Å²) in [5.74, 6) is 0.647. The van der Waals surface area contributed by atoms with Gasteiger partial charge >= 0.3 is 0 Å². The first-order valence-electron chi connectivity index (χ1n) is 4.20. The van der Waals surface area contributed by atoms with Crippen molar-refractivity contribution in [1.29, 1.82) is 0 Å². The van der Waals surface area contributed by atoms with Crippen LogP contribution in [0.15, 0.2) is 12.5 Å². The molecule has 1 aromatic rings. The highest BCUT2D eigenvalue weighted by atomic mass is 35.5. The molecule has 0 aliphatic heterocycles. The topological polar surface area (TPSA) is 63.8 Å². The van der Waals surface area contributed by atoms with Crippen LogP contribution in [0.1, 0.15) is 13.3 Å². The van der Waals surface area contributed by atoms with Gasteiger partial charge in [-0.1, -0.05) is 18.5 Å². The molecule has 1 unspecified atom stereocenters. The highest BCUT2D eigenvalue weighted by Crippen LogP contribution is 2.17. The molecule has 0 aliphatic rings. The quantitative estimate of drug-likeness (QED) is 0.769. The van der Waals surface area contributed by atoms with E-state index in [1.807, 2.05) is 0 Å². The van der Waals surface area contributed by atoms with Crippen LogP contribution >= 0.6 is 11.6 Å². The van der Waals surface area contributed by atoms with E-state index in [1.165, 1.54) is 6.33 Å². The Morgan fingerprint density at radius 2 is 2.46 bits per heavy atom. The van der Waals surface area contributed by atoms with Gasteiger partial charge in [0.05, 0.1) is 6.20 Å². The van der Waals surface area contributed by atoms with Crippen LogP contribution in [-0.4, -0.2) is 22.6 Å². The zero-order valence-electron chi connectivity index (χ0n) is 7.50. The molecule has 1 aromatic heterocycles. The van der Waals surface area contributed by atoms with E-state index < -0.39 is 0 Å². The molecule has 1 atom stereocenters. The number of nitrogens with two attached hydrogens (primary N) is 1. The number of anilines is 1. The van der Waals surface area contributed by atoms with Gasteiger partial charge in [0.1, 0.15) is 17.2 Å². The van der Waals surface area contributed by atoms with Gasteiger partial charge in [-0.15, -0.1) is 0 Å². The van der Waals surface area contributed by atoms with Crippen molar-refractivity contribution in [2.75, 3.05) is 11.9 Å². The van der Waals surface area contributed by atoms with Crippen molar-refractivity contribution in [1.82, 2.24) is 9.97 Å². The summed E-state index contributed by atoms with van der Waals surface area (Å²) in [5, 5.41) is 3.66. The Labute approximate surface area is 82.5 Å². The monoisotopic (exact) mass is 200 g/mol. The van der Waals surface area contributed by atoms with Gasteiger partial charge in [-0.05, 0) is 6.42 Å². The van der Waals surface area contributed by atoms with E-state index in [2.05, 4.69) is 22.2 Å². The van der Waals surface area contributed by atoms with E-state index in [4.69, 9.17) is 17.3 Å². The second-order valence-electron chi connectivity index (χ2n) is 2.70. The Morgan fingerprint density at radius 3 is 3.00 bits per heavy atom. The second-order valence-corrected chi connectivity index (χ2v) is 3.11. The molecule has 0 aliphatic carbocycles. The second kappa shape index (κ2) is 4.99. The van der Waals surface area contributed by atoms with Crippen LogP contribution in [-0.2, 0) is 0 Å². The summed E-state index contributed by atoms with van der Waals surface area (Å²) in [6.45, 7) is 2.62. The van der Waals surface area contributed by atoms with Gasteiger partial charge in [0.25, 0.3) is 0 Å². The van der Waals surface area contributed by atoms with E-state index >= 15 is 0 Å². The molecule has 1 rings (SSSR count). The predicted molar refractivity (Wildman–Crippen MR) is 53.8 cm³/mol. The van der Waals surface area contributed by atoms with Crippen molar-refractivity contribution in [2.45, 2.75) is 19.4 Å². The van der Waals surface area contributed by atoms with Gasteiger partial charge in [0.15, 0.2) is 0 Å². The van der Waals surface area contributed by atoms with Crippen molar-refractivity contribution in [3.8, 4) is 0 Å². The fourth-order valence-corrected chi connectivity index (χ4v) is 1.10. The summed E-state index contributed by atoms with van der Waals surface area (Å²) in [5.41, 5.74) is 5.53. The third-order valence-corrected chi connectivity index (χ3v) is 2.06. The molecule has 0 saturated heterocycles. The predicted octanol–water partition coefficient (Wildman–Crippen LogP) is 1.28. The van der Waals surface area contributed by atoms with E-state index in [0.717, 1.165) is 6.42 Å². The largest absolute Gasteiger partial charge is 0.365 e. The maximum atomic E-state index is 5.85. The third-order valence-electron chi connectivity index (χ3n) is 1.79. The minimum atomic E-state index is 0.215. The van der Waals surface area contributed by atoms with E-state index in [-0.39, 0.29) is 6.04 Å². The lowest BCUT2D eigenvalue weighted by molar-refractivity contribution is 0.699.